The highest BCUT2D eigenvalue weighted by Crippen LogP contribution is 2.16. The molecule has 0 radical (unpaired) electrons. The van der Waals surface area contributed by atoms with Crippen LogP contribution in [-0.4, -0.2) is 6.54 Å². The lowest BCUT2D eigenvalue weighted by Crippen LogP contribution is -2.13. The molecule has 0 spiro atoms. The summed E-state index contributed by atoms with van der Waals surface area (Å²) >= 11 is 5.86. The average molecular weight is 326 g/mol. The molecule has 114 valence electrons. The molecule has 0 aliphatic rings. The number of rotatable bonds is 7. The molecule has 0 aliphatic heterocycles. The van der Waals surface area contributed by atoms with Gasteiger partial charge in [0, 0.05) is 11.6 Å². The Labute approximate surface area is 137 Å². The third-order valence-electron chi connectivity index (χ3n) is 2.97. The van der Waals surface area contributed by atoms with Gasteiger partial charge in [-0.2, -0.15) is 0 Å². The molecule has 0 aliphatic carbocycles. The summed E-state index contributed by atoms with van der Waals surface area (Å²) in [6.45, 7) is 4.64. The molecule has 21 heavy (non-hydrogen) atoms. The Morgan fingerprint density at radius 2 is 1.81 bits per heavy atom. The Kier molecular flexibility index (Phi) is 8.21. The van der Waals surface area contributed by atoms with Crippen molar-refractivity contribution in [2.24, 2.45) is 0 Å². The second kappa shape index (κ2) is 9.67. The zero-order valence-corrected chi connectivity index (χ0v) is 13.7. The van der Waals surface area contributed by atoms with Crippen molar-refractivity contribution in [1.82, 2.24) is 5.32 Å². The molecule has 0 bridgehead atoms. The third-order valence-corrected chi connectivity index (χ3v) is 3.23. The molecular formula is C17H21Cl2NO. The molecule has 0 heterocycles. The van der Waals surface area contributed by atoms with E-state index in [1.807, 2.05) is 36.4 Å². The number of nitrogens with one attached hydrogen (secondary N) is 1. The van der Waals surface area contributed by atoms with Crippen molar-refractivity contribution in [3.05, 3.63) is 64.7 Å². The van der Waals surface area contributed by atoms with Gasteiger partial charge in [0.15, 0.2) is 0 Å². The molecule has 0 atom stereocenters. The Bertz CT molecular complexity index is 529. The highest BCUT2D eigenvalue weighted by Gasteiger charge is 1.98. The van der Waals surface area contributed by atoms with Crippen molar-refractivity contribution in [2.45, 2.75) is 26.5 Å². The van der Waals surface area contributed by atoms with Crippen molar-refractivity contribution in [3.63, 3.8) is 0 Å². The highest BCUT2D eigenvalue weighted by molar-refractivity contribution is 6.30. The van der Waals surface area contributed by atoms with Crippen LogP contribution in [0.15, 0.2) is 48.5 Å². The number of hydrogen-bond acceptors (Lipinski definition) is 2. The van der Waals surface area contributed by atoms with Crippen LogP contribution in [0.25, 0.3) is 0 Å². The first-order valence-electron chi connectivity index (χ1n) is 6.95. The molecule has 0 amide bonds. The van der Waals surface area contributed by atoms with Crippen LogP contribution in [0, 0.1) is 0 Å². The normalized spacial score (nSPS) is 10.0. The van der Waals surface area contributed by atoms with E-state index in [-0.39, 0.29) is 12.4 Å². The second-order valence-corrected chi connectivity index (χ2v) is 5.18. The van der Waals surface area contributed by atoms with Gasteiger partial charge in [0.2, 0.25) is 0 Å². The fourth-order valence-corrected chi connectivity index (χ4v) is 2.03. The van der Waals surface area contributed by atoms with Crippen molar-refractivity contribution >= 4 is 24.0 Å². The molecule has 0 fully saturated rings. The summed E-state index contributed by atoms with van der Waals surface area (Å²) in [5, 5.41) is 4.14. The van der Waals surface area contributed by atoms with Crippen molar-refractivity contribution in [3.8, 4) is 5.75 Å². The first-order chi connectivity index (χ1) is 9.78. The van der Waals surface area contributed by atoms with Crippen molar-refractivity contribution in [1.29, 1.82) is 0 Å². The van der Waals surface area contributed by atoms with Gasteiger partial charge in [0.05, 0.1) is 0 Å². The van der Waals surface area contributed by atoms with Crippen LogP contribution in [0.3, 0.4) is 0 Å². The van der Waals surface area contributed by atoms with Gasteiger partial charge in [0.25, 0.3) is 0 Å². The Morgan fingerprint density at radius 3 is 2.52 bits per heavy atom. The van der Waals surface area contributed by atoms with Gasteiger partial charge in [-0.3, -0.25) is 0 Å². The van der Waals surface area contributed by atoms with Crippen LogP contribution < -0.4 is 10.1 Å². The number of halogens is 2. The van der Waals surface area contributed by atoms with Crippen LogP contribution >= 0.6 is 24.0 Å². The van der Waals surface area contributed by atoms with E-state index < -0.39 is 0 Å². The molecule has 1 N–H and O–H groups in total. The quantitative estimate of drug-likeness (QED) is 0.735. The van der Waals surface area contributed by atoms with E-state index in [1.54, 1.807) is 0 Å². The average Bonchev–Trinajstić information content (AvgIpc) is 2.47. The SMILES string of the molecule is CCCNCc1cccc(OCc2ccc(Cl)cc2)c1.Cl. The van der Waals surface area contributed by atoms with E-state index >= 15 is 0 Å². The maximum atomic E-state index is 5.86. The van der Waals surface area contributed by atoms with E-state index in [4.69, 9.17) is 16.3 Å². The lowest BCUT2D eigenvalue weighted by atomic mass is 10.2. The summed E-state index contributed by atoms with van der Waals surface area (Å²) in [5.41, 5.74) is 2.36. The predicted molar refractivity (Wildman–Crippen MR) is 91.5 cm³/mol. The summed E-state index contributed by atoms with van der Waals surface area (Å²) in [7, 11) is 0. The highest BCUT2D eigenvalue weighted by atomic mass is 35.5. The van der Waals surface area contributed by atoms with Crippen LogP contribution in [-0.2, 0) is 13.2 Å². The first-order valence-corrected chi connectivity index (χ1v) is 7.32. The smallest absolute Gasteiger partial charge is 0.120 e. The largest absolute Gasteiger partial charge is 0.489 e. The molecule has 2 rings (SSSR count). The van der Waals surface area contributed by atoms with Gasteiger partial charge in [0.1, 0.15) is 12.4 Å². The van der Waals surface area contributed by atoms with E-state index in [0.717, 1.165) is 35.8 Å². The lowest BCUT2D eigenvalue weighted by Gasteiger charge is -2.09. The van der Waals surface area contributed by atoms with Crippen LogP contribution in [0.4, 0.5) is 0 Å². The van der Waals surface area contributed by atoms with E-state index in [1.165, 1.54) is 5.56 Å². The third kappa shape index (κ3) is 6.38. The van der Waals surface area contributed by atoms with E-state index in [0.29, 0.717) is 6.61 Å². The number of benzene rings is 2. The molecular weight excluding hydrogens is 305 g/mol. The molecule has 2 aromatic carbocycles. The molecule has 0 aromatic heterocycles. The van der Waals surface area contributed by atoms with E-state index in [9.17, 15) is 0 Å². The summed E-state index contributed by atoms with van der Waals surface area (Å²) in [6, 6.07) is 15.9. The zero-order valence-electron chi connectivity index (χ0n) is 12.1. The molecule has 0 unspecified atom stereocenters. The van der Waals surface area contributed by atoms with Gasteiger partial charge in [-0.25, -0.2) is 0 Å². The molecule has 2 aromatic rings. The van der Waals surface area contributed by atoms with Gasteiger partial charge in [-0.05, 0) is 48.4 Å². The van der Waals surface area contributed by atoms with Gasteiger partial charge in [-0.1, -0.05) is 42.8 Å². The first kappa shape index (κ1) is 17.8. The summed E-state index contributed by atoms with van der Waals surface area (Å²) in [5.74, 6) is 0.899. The fraction of sp³-hybridized carbons (Fsp3) is 0.294. The summed E-state index contributed by atoms with van der Waals surface area (Å²) in [6.07, 6.45) is 1.15. The maximum Gasteiger partial charge on any atom is 0.120 e. The van der Waals surface area contributed by atoms with Crippen LogP contribution in [0.1, 0.15) is 24.5 Å². The van der Waals surface area contributed by atoms with Gasteiger partial charge >= 0.3 is 0 Å². The summed E-state index contributed by atoms with van der Waals surface area (Å²) < 4.78 is 5.81. The molecule has 0 saturated carbocycles. The number of hydrogen-bond donors (Lipinski definition) is 1. The molecule has 2 nitrogen and oxygen atoms in total. The molecule has 0 saturated heterocycles. The van der Waals surface area contributed by atoms with Crippen molar-refractivity contribution < 1.29 is 4.74 Å². The Hall–Kier alpha value is -1.22. The minimum Gasteiger partial charge on any atom is -0.489 e. The summed E-state index contributed by atoms with van der Waals surface area (Å²) in [4.78, 5) is 0. The van der Waals surface area contributed by atoms with Gasteiger partial charge in [-0.15, -0.1) is 12.4 Å². The van der Waals surface area contributed by atoms with Crippen LogP contribution in [0.2, 0.25) is 5.02 Å². The Morgan fingerprint density at radius 1 is 1.05 bits per heavy atom. The zero-order chi connectivity index (χ0) is 14.2. The predicted octanol–water partition coefficient (Wildman–Crippen LogP) is 4.84. The minimum atomic E-state index is 0. The molecule has 4 heteroatoms. The lowest BCUT2D eigenvalue weighted by molar-refractivity contribution is 0.306. The van der Waals surface area contributed by atoms with Gasteiger partial charge < -0.3 is 10.1 Å². The Balaban J connectivity index is 0.00000220. The fourth-order valence-electron chi connectivity index (χ4n) is 1.90. The van der Waals surface area contributed by atoms with E-state index in [2.05, 4.69) is 24.4 Å². The number of ether oxygens (including phenoxy) is 1. The topological polar surface area (TPSA) is 21.3 Å². The second-order valence-electron chi connectivity index (χ2n) is 4.74. The van der Waals surface area contributed by atoms with Crippen LogP contribution in [0.5, 0.6) is 5.75 Å². The monoisotopic (exact) mass is 325 g/mol. The minimum absolute atomic E-state index is 0. The van der Waals surface area contributed by atoms with Crippen molar-refractivity contribution in [2.75, 3.05) is 6.54 Å². The maximum absolute atomic E-state index is 5.86. The standard InChI is InChI=1S/C17H20ClNO.ClH/c1-2-10-19-12-15-4-3-5-17(11-15)20-13-14-6-8-16(18)9-7-14;/h3-9,11,19H,2,10,12-13H2,1H3;1H.